The van der Waals surface area contributed by atoms with Crippen molar-refractivity contribution in [3.05, 3.63) is 52.6 Å². The molecule has 2 fully saturated rings. The first-order chi connectivity index (χ1) is 18.2. The Kier molecular flexibility index (Phi) is 6.13. The number of rotatable bonds is 9. The molecule has 2 aliphatic carbocycles. The van der Waals surface area contributed by atoms with Crippen molar-refractivity contribution in [2.45, 2.75) is 52.0 Å². The van der Waals surface area contributed by atoms with Crippen LogP contribution in [0.5, 0.6) is 5.75 Å². The van der Waals surface area contributed by atoms with E-state index in [9.17, 15) is 18.7 Å². The first kappa shape index (κ1) is 24.9. The highest BCUT2D eigenvalue weighted by molar-refractivity contribution is 6.34. The maximum absolute atomic E-state index is 13.2. The van der Waals surface area contributed by atoms with Gasteiger partial charge in [0.2, 0.25) is 0 Å². The molecule has 0 saturated heterocycles. The number of pyridine rings is 1. The van der Waals surface area contributed by atoms with E-state index in [-0.39, 0.29) is 22.4 Å². The Labute approximate surface area is 222 Å². The fourth-order valence-corrected chi connectivity index (χ4v) is 5.85. The van der Waals surface area contributed by atoms with Crippen LogP contribution in [0.1, 0.15) is 53.5 Å². The second kappa shape index (κ2) is 9.38. The van der Waals surface area contributed by atoms with Crippen LogP contribution in [0.2, 0.25) is 5.02 Å². The number of aromatic nitrogens is 3. The highest BCUT2D eigenvalue weighted by Crippen LogP contribution is 2.54. The quantitative estimate of drug-likeness (QED) is 0.238. The van der Waals surface area contributed by atoms with Gasteiger partial charge in [-0.05, 0) is 69.6 Å². The number of ether oxygens (including phenoxy) is 1. The second-order valence-corrected chi connectivity index (χ2v) is 10.7. The van der Waals surface area contributed by atoms with Crippen LogP contribution >= 0.6 is 11.6 Å². The van der Waals surface area contributed by atoms with E-state index in [2.05, 4.69) is 9.72 Å². The zero-order chi connectivity index (χ0) is 26.7. The molecule has 3 aromatic heterocycles. The van der Waals surface area contributed by atoms with Crippen molar-refractivity contribution in [1.82, 2.24) is 14.7 Å². The van der Waals surface area contributed by atoms with E-state index in [4.69, 9.17) is 25.8 Å². The Balaban J connectivity index is 1.60. The Morgan fingerprint density at radius 2 is 1.89 bits per heavy atom. The van der Waals surface area contributed by atoms with Gasteiger partial charge in [-0.2, -0.15) is 0 Å². The van der Waals surface area contributed by atoms with Crippen LogP contribution in [0.4, 0.5) is 8.78 Å². The molecular formula is C28H26ClF2N3O4. The number of carbonyl (C=O) groups is 1. The van der Waals surface area contributed by atoms with Crippen LogP contribution < -0.4 is 4.74 Å². The Morgan fingerprint density at radius 1 is 1.18 bits per heavy atom. The Morgan fingerprint density at radius 3 is 2.47 bits per heavy atom. The van der Waals surface area contributed by atoms with Gasteiger partial charge >= 0.3 is 5.97 Å². The molecule has 0 atom stereocenters. The van der Waals surface area contributed by atoms with E-state index in [1.54, 1.807) is 6.20 Å². The van der Waals surface area contributed by atoms with Gasteiger partial charge in [-0.25, -0.2) is 18.6 Å². The number of carboxylic acids is 1. The summed E-state index contributed by atoms with van der Waals surface area (Å²) < 4.78 is 39.3. The van der Waals surface area contributed by atoms with Gasteiger partial charge in [-0.1, -0.05) is 16.8 Å². The monoisotopic (exact) mass is 541 g/mol. The van der Waals surface area contributed by atoms with Gasteiger partial charge in [-0.3, -0.25) is 0 Å². The first-order valence-corrected chi connectivity index (χ1v) is 13.0. The lowest BCUT2D eigenvalue weighted by atomic mass is 9.99. The van der Waals surface area contributed by atoms with Crippen LogP contribution in [-0.4, -0.2) is 38.8 Å². The van der Waals surface area contributed by atoms with Gasteiger partial charge in [-0.15, -0.1) is 0 Å². The van der Waals surface area contributed by atoms with Crippen molar-refractivity contribution in [2.24, 2.45) is 11.8 Å². The lowest BCUT2D eigenvalue weighted by molar-refractivity contribution is 0.0695. The minimum Gasteiger partial charge on any atom is -0.487 e. The molecule has 0 amide bonds. The molecule has 38 heavy (non-hydrogen) atoms. The molecule has 1 N–H and O–H groups in total. The SMILES string of the molecule is Cc1noc(C)c1-c1cnc2c(c1)c(-c1c(Cl)cc(C(=O)O)cc1OCC(F)F)cn2C(C1CC1)C1CC1. The molecule has 0 aliphatic heterocycles. The van der Waals surface area contributed by atoms with Gasteiger partial charge in [0, 0.05) is 46.1 Å². The average molecular weight is 542 g/mol. The molecule has 198 valence electrons. The zero-order valence-corrected chi connectivity index (χ0v) is 21.6. The average Bonchev–Trinajstić information content (AvgIpc) is 3.80. The van der Waals surface area contributed by atoms with Crippen molar-refractivity contribution in [2.75, 3.05) is 6.61 Å². The fourth-order valence-electron chi connectivity index (χ4n) is 5.54. The summed E-state index contributed by atoms with van der Waals surface area (Å²) in [6.07, 6.45) is 5.67. The van der Waals surface area contributed by atoms with E-state index < -0.39 is 19.0 Å². The smallest absolute Gasteiger partial charge is 0.335 e. The molecular weight excluding hydrogens is 516 g/mol. The van der Waals surface area contributed by atoms with E-state index >= 15 is 0 Å². The number of hydrogen-bond acceptors (Lipinski definition) is 5. The van der Waals surface area contributed by atoms with E-state index in [0.29, 0.717) is 28.7 Å². The molecule has 0 spiro atoms. The molecule has 10 heteroatoms. The number of aromatic carboxylic acids is 1. The molecule has 7 nitrogen and oxygen atoms in total. The van der Waals surface area contributed by atoms with Gasteiger partial charge in [0.15, 0.2) is 0 Å². The minimum absolute atomic E-state index is 0.00798. The molecule has 0 bridgehead atoms. The highest BCUT2D eigenvalue weighted by Gasteiger charge is 2.43. The third kappa shape index (κ3) is 4.42. The van der Waals surface area contributed by atoms with Gasteiger partial charge in [0.1, 0.15) is 23.8 Å². The van der Waals surface area contributed by atoms with Gasteiger partial charge in [0.25, 0.3) is 6.43 Å². The summed E-state index contributed by atoms with van der Waals surface area (Å²) in [6.45, 7) is 2.80. The topological polar surface area (TPSA) is 90.4 Å². The third-order valence-electron chi connectivity index (χ3n) is 7.46. The summed E-state index contributed by atoms with van der Waals surface area (Å²) >= 11 is 6.67. The molecule has 0 radical (unpaired) electrons. The Hall–Kier alpha value is -3.46. The van der Waals surface area contributed by atoms with Crippen LogP contribution in [-0.2, 0) is 0 Å². The van der Waals surface area contributed by atoms with Crippen molar-refractivity contribution in [3.8, 4) is 28.0 Å². The number of benzene rings is 1. The standard InChI is InChI=1S/C28H26ClF2N3O4/c1-13-24(14(2)38-33-13)18-7-19-20(11-34(27(19)32-10-18)26(15-3-4-15)16-5-6-16)25-21(29)8-17(28(35)36)9-22(25)37-12-23(30)31/h7-11,15-16,23,26H,3-6,12H2,1-2H3,(H,35,36). The zero-order valence-electron chi connectivity index (χ0n) is 20.9. The second-order valence-electron chi connectivity index (χ2n) is 10.2. The van der Waals surface area contributed by atoms with Gasteiger partial charge in [0.05, 0.1) is 16.3 Å². The number of alkyl halides is 2. The summed E-state index contributed by atoms with van der Waals surface area (Å²) in [5.41, 5.74) is 4.00. The summed E-state index contributed by atoms with van der Waals surface area (Å²) in [6, 6.07) is 4.84. The lowest BCUT2D eigenvalue weighted by Gasteiger charge is -2.19. The summed E-state index contributed by atoms with van der Waals surface area (Å²) in [5, 5.41) is 14.5. The van der Waals surface area contributed by atoms with Gasteiger partial charge < -0.3 is 18.9 Å². The van der Waals surface area contributed by atoms with Crippen LogP contribution in [0.25, 0.3) is 33.3 Å². The van der Waals surface area contributed by atoms with E-state index in [1.807, 2.05) is 26.1 Å². The van der Waals surface area contributed by atoms with Crippen LogP contribution in [0.15, 0.2) is 35.1 Å². The first-order valence-electron chi connectivity index (χ1n) is 12.6. The van der Waals surface area contributed by atoms with Crippen LogP contribution in [0.3, 0.4) is 0 Å². The van der Waals surface area contributed by atoms with E-state index in [1.165, 1.54) is 12.1 Å². The number of hydrogen-bond donors (Lipinski definition) is 1. The summed E-state index contributed by atoms with van der Waals surface area (Å²) in [5.74, 6) is 0.547. The molecule has 4 aromatic rings. The van der Waals surface area contributed by atoms with E-state index in [0.717, 1.165) is 53.5 Å². The number of carboxylic acid groups (broad SMARTS) is 1. The van der Waals surface area contributed by atoms with Crippen molar-refractivity contribution >= 4 is 28.6 Å². The Bertz CT molecular complexity index is 1520. The lowest BCUT2D eigenvalue weighted by Crippen LogP contribution is -2.13. The number of fused-ring (bicyclic) bond motifs is 1. The maximum Gasteiger partial charge on any atom is 0.335 e. The minimum atomic E-state index is -2.74. The molecule has 1 aromatic carbocycles. The predicted octanol–water partition coefficient (Wildman–Crippen LogP) is 7.33. The number of halogens is 3. The number of aryl methyl sites for hydroxylation is 2. The fraction of sp³-hybridized carbons (Fsp3) is 0.393. The summed E-state index contributed by atoms with van der Waals surface area (Å²) in [7, 11) is 0. The van der Waals surface area contributed by atoms with Crippen LogP contribution in [0, 0.1) is 25.7 Å². The maximum atomic E-state index is 13.2. The third-order valence-corrected chi connectivity index (χ3v) is 7.76. The van der Waals surface area contributed by atoms with Crippen molar-refractivity contribution in [1.29, 1.82) is 0 Å². The largest absolute Gasteiger partial charge is 0.487 e. The number of nitrogens with zero attached hydrogens (tertiary/aromatic N) is 3. The molecule has 3 heterocycles. The molecule has 6 rings (SSSR count). The molecule has 0 unspecified atom stereocenters. The summed E-state index contributed by atoms with van der Waals surface area (Å²) in [4.78, 5) is 16.6. The highest BCUT2D eigenvalue weighted by atomic mass is 35.5. The normalized spacial score (nSPS) is 15.7. The molecule has 2 saturated carbocycles. The van der Waals surface area contributed by atoms with Crippen molar-refractivity contribution in [3.63, 3.8) is 0 Å². The molecule has 2 aliphatic rings. The van der Waals surface area contributed by atoms with Crippen molar-refractivity contribution < 1.29 is 27.9 Å². The predicted molar refractivity (Wildman–Crippen MR) is 138 cm³/mol.